The van der Waals surface area contributed by atoms with Crippen LogP contribution in [-0.2, 0) is 13.6 Å². The van der Waals surface area contributed by atoms with Crippen LogP contribution in [-0.4, -0.2) is 34.0 Å². The van der Waals surface area contributed by atoms with E-state index >= 15 is 0 Å². The van der Waals surface area contributed by atoms with Gasteiger partial charge < -0.3 is 4.90 Å². The molecule has 1 saturated heterocycles. The van der Waals surface area contributed by atoms with Gasteiger partial charge >= 0.3 is 0 Å². The summed E-state index contributed by atoms with van der Waals surface area (Å²) in [5, 5.41) is 0. The highest BCUT2D eigenvalue weighted by Gasteiger charge is 2.22. The van der Waals surface area contributed by atoms with E-state index in [4.69, 9.17) is 0 Å². The third kappa shape index (κ3) is 2.80. The number of hydrogen-bond acceptors (Lipinski definition) is 2. The molecule has 0 spiro atoms. The molecule has 0 radical (unpaired) electrons. The monoisotopic (exact) mass is 304 g/mol. The molecule has 0 atom stereocenters. The molecule has 1 aromatic carbocycles. The van der Waals surface area contributed by atoms with Crippen LogP contribution in [0.15, 0.2) is 35.1 Å². The van der Waals surface area contributed by atoms with Crippen molar-refractivity contribution in [2.75, 3.05) is 24.6 Å². The molecule has 3 rings (SSSR count). The largest absolute Gasteiger partial charge is 0.330 e. The van der Waals surface area contributed by atoms with Gasteiger partial charge in [0.2, 0.25) is 0 Å². The molecule has 1 aromatic heterocycles. The predicted octanol–water partition coefficient (Wildman–Crippen LogP) is 0.616. The summed E-state index contributed by atoms with van der Waals surface area (Å²) < 4.78 is 3.76. The van der Waals surface area contributed by atoms with Crippen LogP contribution in [0, 0.1) is 6.92 Å². The smallest absolute Gasteiger partial charge is 0.280 e. The lowest BCUT2D eigenvalue weighted by molar-refractivity contribution is -0.910. The lowest BCUT2D eigenvalue weighted by Gasteiger charge is -2.22. The first-order chi connectivity index (χ1) is 10.2. The summed E-state index contributed by atoms with van der Waals surface area (Å²) in [4.78, 5) is 14.3. The van der Waals surface area contributed by atoms with Gasteiger partial charge in [-0.2, -0.15) is 11.8 Å². The zero-order valence-corrected chi connectivity index (χ0v) is 13.4. The summed E-state index contributed by atoms with van der Waals surface area (Å²) in [6, 6.07) is 9.87. The van der Waals surface area contributed by atoms with E-state index in [1.54, 1.807) is 4.68 Å². The highest BCUT2D eigenvalue weighted by atomic mass is 32.2. The van der Waals surface area contributed by atoms with Gasteiger partial charge in [0.1, 0.15) is 6.54 Å². The summed E-state index contributed by atoms with van der Waals surface area (Å²) >= 11 is 2.01. The van der Waals surface area contributed by atoms with Gasteiger partial charge in [-0.05, 0) is 19.1 Å². The van der Waals surface area contributed by atoms with Crippen LogP contribution in [0.1, 0.15) is 11.3 Å². The van der Waals surface area contributed by atoms with Crippen molar-refractivity contribution < 1.29 is 4.90 Å². The Hall–Kier alpha value is -1.46. The Labute approximate surface area is 129 Å². The number of hydrogen-bond donors (Lipinski definition) is 1. The number of quaternary nitrogens is 1. The van der Waals surface area contributed by atoms with Gasteiger partial charge in [-0.1, -0.05) is 18.2 Å². The Morgan fingerprint density at radius 3 is 2.52 bits per heavy atom. The molecular weight excluding hydrogens is 282 g/mol. The van der Waals surface area contributed by atoms with Gasteiger partial charge in [-0.25, -0.2) is 4.68 Å². The number of para-hydroxylation sites is 1. The van der Waals surface area contributed by atoms with Crippen molar-refractivity contribution in [1.82, 2.24) is 9.36 Å². The first kappa shape index (κ1) is 14.5. The zero-order valence-electron chi connectivity index (χ0n) is 12.6. The van der Waals surface area contributed by atoms with E-state index in [0.29, 0.717) is 0 Å². The summed E-state index contributed by atoms with van der Waals surface area (Å²) in [6.45, 7) is 5.21. The van der Waals surface area contributed by atoms with Gasteiger partial charge in [0.25, 0.3) is 5.56 Å². The van der Waals surface area contributed by atoms with Crippen LogP contribution in [0.5, 0.6) is 0 Å². The van der Waals surface area contributed by atoms with E-state index in [-0.39, 0.29) is 5.56 Å². The molecule has 21 heavy (non-hydrogen) atoms. The van der Waals surface area contributed by atoms with Crippen LogP contribution in [0.4, 0.5) is 0 Å². The van der Waals surface area contributed by atoms with Gasteiger partial charge in [-0.15, -0.1) is 0 Å². The normalized spacial score (nSPS) is 16.3. The first-order valence-electron chi connectivity index (χ1n) is 7.42. The van der Waals surface area contributed by atoms with Gasteiger partial charge in [0, 0.05) is 24.2 Å². The lowest BCUT2D eigenvalue weighted by Crippen LogP contribution is -3.12. The maximum Gasteiger partial charge on any atom is 0.280 e. The molecule has 0 amide bonds. The number of nitrogens with zero attached hydrogens (tertiary/aromatic N) is 2. The highest BCUT2D eigenvalue weighted by molar-refractivity contribution is 7.99. The fourth-order valence-electron chi connectivity index (χ4n) is 2.91. The van der Waals surface area contributed by atoms with Crippen molar-refractivity contribution in [3.05, 3.63) is 51.9 Å². The quantitative estimate of drug-likeness (QED) is 0.901. The Kier molecular flexibility index (Phi) is 4.22. The Morgan fingerprint density at radius 2 is 1.86 bits per heavy atom. The molecule has 1 aliphatic rings. The minimum atomic E-state index is 0.131. The van der Waals surface area contributed by atoms with Crippen LogP contribution in [0.3, 0.4) is 0 Å². The topological polar surface area (TPSA) is 31.4 Å². The van der Waals surface area contributed by atoms with Crippen molar-refractivity contribution in [2.24, 2.45) is 7.05 Å². The molecule has 5 heteroatoms. The summed E-state index contributed by atoms with van der Waals surface area (Å²) in [5.74, 6) is 2.40. The second-order valence-corrected chi connectivity index (χ2v) is 6.80. The standard InChI is InChI=1S/C16H21N3OS/c1-13-15(12-18-8-10-21-11-9-18)16(20)19(17(13)2)14-6-4-3-5-7-14/h3-7H,8-12H2,1-2H3/p+1. The van der Waals surface area contributed by atoms with E-state index in [0.717, 1.165) is 36.6 Å². The zero-order chi connectivity index (χ0) is 14.8. The molecule has 0 aliphatic carbocycles. The second-order valence-electron chi connectivity index (χ2n) is 5.58. The van der Waals surface area contributed by atoms with Crippen molar-refractivity contribution in [3.8, 4) is 5.69 Å². The molecule has 0 bridgehead atoms. The molecule has 1 aliphatic heterocycles. The third-order valence-electron chi connectivity index (χ3n) is 4.30. The third-order valence-corrected chi connectivity index (χ3v) is 5.29. The molecular formula is C16H22N3OS+. The van der Waals surface area contributed by atoms with Crippen molar-refractivity contribution in [3.63, 3.8) is 0 Å². The van der Waals surface area contributed by atoms with Gasteiger partial charge in [-0.3, -0.25) is 9.48 Å². The Bertz CT molecular complexity index is 669. The Balaban J connectivity index is 1.97. The molecule has 4 nitrogen and oxygen atoms in total. The number of aromatic nitrogens is 2. The number of thioether (sulfide) groups is 1. The first-order valence-corrected chi connectivity index (χ1v) is 8.58. The average Bonchev–Trinajstić information content (AvgIpc) is 2.73. The minimum Gasteiger partial charge on any atom is -0.330 e. The average molecular weight is 304 g/mol. The van der Waals surface area contributed by atoms with Crippen LogP contribution in [0.2, 0.25) is 0 Å². The van der Waals surface area contributed by atoms with Crippen molar-refractivity contribution in [1.29, 1.82) is 0 Å². The van der Waals surface area contributed by atoms with Gasteiger partial charge in [0.15, 0.2) is 0 Å². The number of rotatable bonds is 3. The molecule has 112 valence electrons. The molecule has 1 fully saturated rings. The summed E-state index contributed by atoms with van der Waals surface area (Å²) in [5.41, 5.74) is 3.10. The lowest BCUT2D eigenvalue weighted by atomic mass is 10.2. The minimum absolute atomic E-state index is 0.131. The highest BCUT2D eigenvalue weighted by Crippen LogP contribution is 2.09. The molecule has 2 aromatic rings. The van der Waals surface area contributed by atoms with E-state index in [1.165, 1.54) is 16.4 Å². The van der Waals surface area contributed by atoms with Gasteiger partial charge in [0.05, 0.1) is 24.3 Å². The summed E-state index contributed by atoms with van der Waals surface area (Å²) in [7, 11) is 1.97. The van der Waals surface area contributed by atoms with Crippen LogP contribution >= 0.6 is 11.8 Å². The van der Waals surface area contributed by atoms with Crippen molar-refractivity contribution >= 4 is 11.8 Å². The predicted molar refractivity (Wildman–Crippen MR) is 87.5 cm³/mol. The van der Waals surface area contributed by atoms with E-state index < -0.39 is 0 Å². The maximum atomic E-state index is 12.8. The molecule has 2 heterocycles. The van der Waals surface area contributed by atoms with E-state index in [9.17, 15) is 4.79 Å². The fourth-order valence-corrected chi connectivity index (χ4v) is 3.98. The number of nitrogens with one attached hydrogen (secondary N) is 1. The van der Waals surface area contributed by atoms with Crippen LogP contribution < -0.4 is 10.5 Å². The number of benzene rings is 1. The Morgan fingerprint density at radius 1 is 1.19 bits per heavy atom. The summed E-state index contributed by atoms with van der Waals surface area (Å²) in [6.07, 6.45) is 0. The molecule has 0 unspecified atom stereocenters. The van der Waals surface area contributed by atoms with Crippen LogP contribution in [0.25, 0.3) is 5.69 Å². The van der Waals surface area contributed by atoms with E-state index in [1.807, 2.05) is 60.7 Å². The molecule has 0 saturated carbocycles. The molecule has 1 N–H and O–H groups in total. The maximum absolute atomic E-state index is 12.8. The SMILES string of the molecule is Cc1c(C[NH+]2CCSCC2)c(=O)n(-c2ccccc2)n1C. The van der Waals surface area contributed by atoms with E-state index in [2.05, 4.69) is 0 Å². The second kappa shape index (κ2) is 6.12. The fraction of sp³-hybridized carbons (Fsp3) is 0.438. The van der Waals surface area contributed by atoms with Crippen molar-refractivity contribution in [2.45, 2.75) is 13.5 Å².